The lowest BCUT2D eigenvalue weighted by Gasteiger charge is -2.24. The van der Waals surface area contributed by atoms with Gasteiger partial charge in [0.25, 0.3) is 0 Å². The third kappa shape index (κ3) is 4.96. The van der Waals surface area contributed by atoms with Gasteiger partial charge in [-0.25, -0.2) is 0 Å². The summed E-state index contributed by atoms with van der Waals surface area (Å²) in [6.45, 7) is 1.63. The molecule has 1 amide bonds. The van der Waals surface area contributed by atoms with Crippen molar-refractivity contribution in [2.75, 3.05) is 13.6 Å². The molecule has 25 heavy (non-hydrogen) atoms. The Labute approximate surface area is 156 Å². The molecule has 0 bridgehead atoms. The molecule has 138 valence electrons. The van der Waals surface area contributed by atoms with Crippen LogP contribution in [-0.4, -0.2) is 42.5 Å². The Bertz CT molecular complexity index is 572. The molecule has 0 radical (unpaired) electrons. The predicted octanol–water partition coefficient (Wildman–Crippen LogP) is 3.34. The fraction of sp³-hybridized carbons (Fsp3) is 0.650. The molecule has 0 aromatic heterocycles. The Kier molecular flexibility index (Phi) is 6.74. The van der Waals surface area contributed by atoms with Gasteiger partial charge in [0.2, 0.25) is 5.91 Å². The summed E-state index contributed by atoms with van der Waals surface area (Å²) in [7, 11) is 1.72. The van der Waals surface area contributed by atoms with E-state index in [2.05, 4.69) is 21.6 Å². The molecule has 1 aliphatic heterocycles. The Hall–Kier alpha value is -1.10. The minimum Gasteiger partial charge on any atom is -0.358 e. The summed E-state index contributed by atoms with van der Waals surface area (Å²) >= 11 is 6.33. The van der Waals surface area contributed by atoms with Crippen molar-refractivity contribution in [2.45, 2.75) is 69.6 Å². The highest BCUT2D eigenvalue weighted by Gasteiger charge is 2.37. The molecule has 3 rings (SSSR count). The van der Waals surface area contributed by atoms with Crippen LogP contribution in [0.5, 0.6) is 0 Å². The zero-order chi connectivity index (χ0) is 17.6. The highest BCUT2D eigenvalue weighted by atomic mass is 35.5. The van der Waals surface area contributed by atoms with E-state index in [0.29, 0.717) is 12.1 Å². The second kappa shape index (κ2) is 9.02. The smallest absolute Gasteiger partial charge is 0.237 e. The Balaban J connectivity index is 1.65. The number of hydrogen-bond donors (Lipinski definition) is 2. The number of carbonyl (C=O) groups excluding carboxylic acids is 1. The van der Waals surface area contributed by atoms with E-state index in [-0.39, 0.29) is 11.9 Å². The van der Waals surface area contributed by atoms with Gasteiger partial charge in [-0.2, -0.15) is 0 Å². The van der Waals surface area contributed by atoms with Gasteiger partial charge in [0.1, 0.15) is 0 Å². The normalized spacial score (nSPS) is 25.7. The first kappa shape index (κ1) is 18.7. The van der Waals surface area contributed by atoms with Gasteiger partial charge in [-0.3, -0.25) is 9.69 Å². The standard InChI is InChI=1S/C20H30ClN3O/c1-22-20(25)19-12-17(23-16-9-4-2-3-5-10-16)14-24(19)13-15-8-6-7-11-18(15)21/h6-8,11,16-17,19,23H,2-5,9-10,12-14H2,1H3,(H,22,25)/t17-,19-/m0/s1. The monoisotopic (exact) mass is 363 g/mol. The van der Waals surface area contributed by atoms with E-state index in [1.165, 1.54) is 38.5 Å². The molecule has 0 unspecified atom stereocenters. The zero-order valence-electron chi connectivity index (χ0n) is 15.1. The van der Waals surface area contributed by atoms with Crippen molar-refractivity contribution in [1.29, 1.82) is 0 Å². The quantitative estimate of drug-likeness (QED) is 0.788. The van der Waals surface area contributed by atoms with E-state index >= 15 is 0 Å². The number of halogens is 1. The van der Waals surface area contributed by atoms with Gasteiger partial charge in [-0.15, -0.1) is 0 Å². The van der Waals surface area contributed by atoms with Gasteiger partial charge < -0.3 is 10.6 Å². The number of rotatable bonds is 5. The number of carbonyl (C=O) groups is 1. The molecule has 2 N–H and O–H groups in total. The van der Waals surface area contributed by atoms with Gasteiger partial charge in [-0.05, 0) is 30.9 Å². The first-order valence-electron chi connectivity index (χ1n) is 9.62. The van der Waals surface area contributed by atoms with Gasteiger partial charge >= 0.3 is 0 Å². The third-order valence-electron chi connectivity index (χ3n) is 5.61. The number of amides is 1. The maximum atomic E-state index is 12.4. The van der Waals surface area contributed by atoms with Crippen molar-refractivity contribution in [3.63, 3.8) is 0 Å². The second-order valence-electron chi connectivity index (χ2n) is 7.44. The number of benzene rings is 1. The summed E-state index contributed by atoms with van der Waals surface area (Å²) < 4.78 is 0. The molecule has 4 nitrogen and oxygen atoms in total. The predicted molar refractivity (Wildman–Crippen MR) is 103 cm³/mol. The molecular formula is C20H30ClN3O. The molecule has 1 heterocycles. The number of likely N-dealkylation sites (tertiary alicyclic amines) is 1. The van der Waals surface area contributed by atoms with Crippen molar-refractivity contribution in [3.8, 4) is 0 Å². The van der Waals surface area contributed by atoms with Gasteiger partial charge in [0.05, 0.1) is 6.04 Å². The van der Waals surface area contributed by atoms with Crippen molar-refractivity contribution >= 4 is 17.5 Å². The maximum absolute atomic E-state index is 12.4. The molecule has 1 aliphatic carbocycles. The number of hydrogen-bond acceptors (Lipinski definition) is 3. The molecule has 2 aliphatic rings. The summed E-state index contributed by atoms with van der Waals surface area (Å²) in [5, 5.41) is 7.45. The Morgan fingerprint density at radius 3 is 2.56 bits per heavy atom. The highest BCUT2D eigenvalue weighted by molar-refractivity contribution is 6.31. The molecule has 1 saturated carbocycles. The van der Waals surface area contributed by atoms with Crippen LogP contribution in [0.15, 0.2) is 24.3 Å². The first-order valence-corrected chi connectivity index (χ1v) is 10.00. The third-order valence-corrected chi connectivity index (χ3v) is 5.98. The first-order chi connectivity index (χ1) is 12.2. The Morgan fingerprint density at radius 1 is 1.16 bits per heavy atom. The molecule has 1 aromatic rings. The van der Waals surface area contributed by atoms with E-state index in [4.69, 9.17) is 11.6 Å². The van der Waals surface area contributed by atoms with Crippen molar-refractivity contribution in [1.82, 2.24) is 15.5 Å². The lowest BCUT2D eigenvalue weighted by molar-refractivity contribution is -0.125. The van der Waals surface area contributed by atoms with Crippen LogP contribution in [0.4, 0.5) is 0 Å². The van der Waals surface area contributed by atoms with Gasteiger partial charge in [0.15, 0.2) is 0 Å². The van der Waals surface area contributed by atoms with Gasteiger partial charge in [-0.1, -0.05) is 55.5 Å². The minimum atomic E-state index is -0.0791. The van der Waals surface area contributed by atoms with Crippen molar-refractivity contribution < 1.29 is 4.79 Å². The molecule has 1 saturated heterocycles. The average molecular weight is 364 g/mol. The topological polar surface area (TPSA) is 44.4 Å². The highest BCUT2D eigenvalue weighted by Crippen LogP contribution is 2.26. The average Bonchev–Trinajstić information content (AvgIpc) is 2.82. The van der Waals surface area contributed by atoms with Crippen LogP contribution in [0.1, 0.15) is 50.5 Å². The molecule has 2 fully saturated rings. The van der Waals surface area contributed by atoms with E-state index in [9.17, 15) is 4.79 Å². The fourth-order valence-corrected chi connectivity index (χ4v) is 4.46. The molecule has 2 atom stereocenters. The van der Waals surface area contributed by atoms with Crippen LogP contribution in [0, 0.1) is 0 Å². The summed E-state index contributed by atoms with van der Waals surface area (Å²) in [5.74, 6) is 0.109. The van der Waals surface area contributed by atoms with Crippen LogP contribution in [-0.2, 0) is 11.3 Å². The number of likely N-dealkylation sites (N-methyl/N-ethyl adjacent to an activating group) is 1. The maximum Gasteiger partial charge on any atom is 0.237 e. The van der Waals surface area contributed by atoms with Crippen LogP contribution < -0.4 is 10.6 Å². The van der Waals surface area contributed by atoms with Crippen LogP contribution >= 0.6 is 11.6 Å². The SMILES string of the molecule is CNC(=O)[C@@H]1C[C@H](NC2CCCCCC2)CN1Cc1ccccc1Cl. The van der Waals surface area contributed by atoms with Crippen LogP contribution in [0.3, 0.4) is 0 Å². The van der Waals surface area contributed by atoms with E-state index in [0.717, 1.165) is 30.1 Å². The molecular weight excluding hydrogens is 334 g/mol. The fourth-order valence-electron chi connectivity index (χ4n) is 4.26. The lowest BCUT2D eigenvalue weighted by Crippen LogP contribution is -2.41. The number of nitrogens with zero attached hydrogens (tertiary/aromatic N) is 1. The summed E-state index contributed by atoms with van der Waals surface area (Å²) in [5.41, 5.74) is 1.09. The van der Waals surface area contributed by atoms with Crippen LogP contribution in [0.25, 0.3) is 0 Å². The van der Waals surface area contributed by atoms with E-state index in [1.54, 1.807) is 7.05 Å². The Morgan fingerprint density at radius 2 is 1.88 bits per heavy atom. The largest absolute Gasteiger partial charge is 0.358 e. The van der Waals surface area contributed by atoms with E-state index < -0.39 is 0 Å². The summed E-state index contributed by atoms with van der Waals surface area (Å²) in [6, 6.07) is 8.84. The minimum absolute atomic E-state index is 0.0791. The number of nitrogens with one attached hydrogen (secondary N) is 2. The lowest BCUT2D eigenvalue weighted by atomic mass is 10.1. The summed E-state index contributed by atoms with van der Waals surface area (Å²) in [6.07, 6.45) is 8.79. The molecule has 1 aromatic carbocycles. The zero-order valence-corrected chi connectivity index (χ0v) is 15.9. The van der Waals surface area contributed by atoms with Crippen LogP contribution in [0.2, 0.25) is 5.02 Å². The second-order valence-corrected chi connectivity index (χ2v) is 7.85. The summed E-state index contributed by atoms with van der Waals surface area (Å²) in [4.78, 5) is 14.7. The van der Waals surface area contributed by atoms with Crippen molar-refractivity contribution in [2.24, 2.45) is 0 Å². The van der Waals surface area contributed by atoms with Gasteiger partial charge in [0, 0.05) is 37.2 Å². The van der Waals surface area contributed by atoms with E-state index in [1.807, 2.05) is 18.2 Å². The molecule has 5 heteroatoms. The van der Waals surface area contributed by atoms with Crippen molar-refractivity contribution in [3.05, 3.63) is 34.9 Å². The molecule has 0 spiro atoms.